The van der Waals surface area contributed by atoms with Gasteiger partial charge >= 0.3 is 0 Å². The molecule has 1 aromatic heterocycles. The fourth-order valence-electron chi connectivity index (χ4n) is 2.82. The van der Waals surface area contributed by atoms with E-state index < -0.39 is 0 Å². The van der Waals surface area contributed by atoms with Crippen LogP contribution in [0.3, 0.4) is 0 Å². The highest BCUT2D eigenvalue weighted by Gasteiger charge is 2.12. The van der Waals surface area contributed by atoms with Gasteiger partial charge in [-0.2, -0.15) is 0 Å². The first-order valence-electron chi connectivity index (χ1n) is 9.40. The molecule has 0 fully saturated rings. The number of hydrogen-bond donors (Lipinski definition) is 1. The summed E-state index contributed by atoms with van der Waals surface area (Å²) < 4.78 is 30.0. The predicted molar refractivity (Wildman–Crippen MR) is 111 cm³/mol. The van der Waals surface area contributed by atoms with Gasteiger partial charge in [-0.25, -0.2) is 4.39 Å². The maximum atomic E-state index is 13.6. The summed E-state index contributed by atoms with van der Waals surface area (Å²) >= 11 is 0. The zero-order valence-corrected chi connectivity index (χ0v) is 17.1. The second kappa shape index (κ2) is 9.73. The first-order valence-corrected chi connectivity index (χ1v) is 9.40. The highest BCUT2D eigenvalue weighted by atomic mass is 19.1. The molecule has 7 heteroatoms. The Bertz CT molecular complexity index is 1040. The third-order valence-corrected chi connectivity index (χ3v) is 4.58. The van der Waals surface area contributed by atoms with Crippen LogP contribution in [0, 0.1) is 19.7 Å². The van der Waals surface area contributed by atoms with E-state index in [1.165, 1.54) is 12.1 Å². The zero-order valence-electron chi connectivity index (χ0n) is 17.1. The van der Waals surface area contributed by atoms with Gasteiger partial charge in [0.25, 0.3) is 0 Å². The van der Waals surface area contributed by atoms with Gasteiger partial charge in [0.1, 0.15) is 18.2 Å². The fourth-order valence-corrected chi connectivity index (χ4v) is 2.82. The van der Waals surface area contributed by atoms with Crippen molar-refractivity contribution in [3.63, 3.8) is 0 Å². The van der Waals surface area contributed by atoms with Crippen LogP contribution >= 0.6 is 0 Å². The molecule has 1 amide bonds. The molecule has 3 rings (SSSR count). The summed E-state index contributed by atoms with van der Waals surface area (Å²) in [6.07, 6.45) is 3.04. The molecule has 0 atom stereocenters. The van der Waals surface area contributed by atoms with Crippen molar-refractivity contribution in [3.8, 4) is 11.5 Å². The molecular formula is C23H23FN2O4. The minimum absolute atomic E-state index is 0.119. The number of methoxy groups -OCH3 is 1. The molecule has 30 heavy (non-hydrogen) atoms. The summed E-state index contributed by atoms with van der Waals surface area (Å²) in [7, 11) is 1.55. The molecule has 0 saturated carbocycles. The lowest BCUT2D eigenvalue weighted by Crippen LogP contribution is -2.20. The minimum atomic E-state index is -0.348. The number of hydrogen-bond acceptors (Lipinski definition) is 5. The number of aromatic nitrogens is 1. The summed E-state index contributed by atoms with van der Waals surface area (Å²) in [5.41, 5.74) is 2.87. The van der Waals surface area contributed by atoms with E-state index >= 15 is 0 Å². The lowest BCUT2D eigenvalue weighted by molar-refractivity contribution is -0.116. The highest BCUT2D eigenvalue weighted by molar-refractivity contribution is 5.91. The maximum absolute atomic E-state index is 13.6. The number of aryl methyl sites for hydroxylation is 2. The molecule has 0 saturated heterocycles. The Morgan fingerprint density at radius 1 is 1.20 bits per heavy atom. The number of rotatable bonds is 8. The van der Waals surface area contributed by atoms with E-state index in [-0.39, 0.29) is 18.3 Å². The number of carbonyl (C=O) groups is 1. The van der Waals surface area contributed by atoms with Crippen molar-refractivity contribution >= 4 is 12.0 Å². The molecule has 0 aliphatic carbocycles. The van der Waals surface area contributed by atoms with Gasteiger partial charge < -0.3 is 19.3 Å². The second-order valence-electron chi connectivity index (χ2n) is 6.64. The smallest absolute Gasteiger partial charge is 0.244 e. The molecule has 0 bridgehead atoms. The van der Waals surface area contributed by atoms with Crippen LogP contribution in [0.15, 0.2) is 53.1 Å². The van der Waals surface area contributed by atoms with Gasteiger partial charge in [-0.15, -0.1) is 0 Å². The molecule has 156 valence electrons. The van der Waals surface area contributed by atoms with Crippen LogP contribution < -0.4 is 14.8 Å². The molecule has 1 heterocycles. The van der Waals surface area contributed by atoms with Gasteiger partial charge in [0.05, 0.1) is 18.4 Å². The van der Waals surface area contributed by atoms with Crippen molar-refractivity contribution in [2.75, 3.05) is 7.11 Å². The molecule has 6 nitrogen and oxygen atoms in total. The van der Waals surface area contributed by atoms with E-state index in [2.05, 4.69) is 10.5 Å². The number of amides is 1. The Balaban J connectivity index is 1.61. The average molecular weight is 410 g/mol. The Kier molecular flexibility index (Phi) is 6.85. The molecule has 0 aliphatic heterocycles. The monoisotopic (exact) mass is 410 g/mol. The standard InChI is InChI=1S/C23H23FN2O4/c1-15-19(16(2)30-26-15)14-29-21-10-8-17(12-22(21)28-3)9-11-23(27)25-13-18-6-4-5-7-20(18)24/h4-12H,13-14H2,1-3H3,(H,25,27). The number of ether oxygens (including phenoxy) is 2. The van der Waals surface area contributed by atoms with Gasteiger partial charge in [0.15, 0.2) is 11.5 Å². The van der Waals surface area contributed by atoms with Crippen molar-refractivity contribution < 1.29 is 23.2 Å². The Hall–Kier alpha value is -3.61. The number of benzene rings is 2. The molecule has 1 N–H and O–H groups in total. The summed E-state index contributed by atoms with van der Waals surface area (Å²) in [6.45, 7) is 4.12. The predicted octanol–water partition coefficient (Wildman–Crippen LogP) is 4.35. The van der Waals surface area contributed by atoms with Crippen LogP contribution in [0.1, 0.15) is 28.1 Å². The molecule has 0 spiro atoms. The van der Waals surface area contributed by atoms with Crippen molar-refractivity contribution in [1.29, 1.82) is 0 Å². The van der Waals surface area contributed by atoms with Crippen LogP contribution in [0.5, 0.6) is 11.5 Å². The minimum Gasteiger partial charge on any atom is -0.493 e. The summed E-state index contributed by atoms with van der Waals surface area (Å²) in [6, 6.07) is 11.7. The molecule has 3 aromatic rings. The number of carbonyl (C=O) groups excluding carboxylic acids is 1. The van der Waals surface area contributed by atoms with E-state index in [1.54, 1.807) is 43.5 Å². The SMILES string of the molecule is COc1cc(C=CC(=O)NCc2ccccc2F)ccc1OCc1c(C)noc1C. The van der Waals surface area contributed by atoms with Crippen LogP contribution in [0.4, 0.5) is 4.39 Å². The third kappa shape index (κ3) is 5.26. The van der Waals surface area contributed by atoms with Gasteiger partial charge in [-0.05, 0) is 43.7 Å². The van der Waals surface area contributed by atoms with Crippen LogP contribution in [0.2, 0.25) is 0 Å². The van der Waals surface area contributed by atoms with Crippen molar-refractivity contribution in [2.45, 2.75) is 27.0 Å². The number of halogens is 1. The Morgan fingerprint density at radius 3 is 2.70 bits per heavy atom. The van der Waals surface area contributed by atoms with E-state index in [9.17, 15) is 9.18 Å². The van der Waals surface area contributed by atoms with Gasteiger partial charge in [0, 0.05) is 18.2 Å². The molecule has 0 unspecified atom stereocenters. The molecule has 0 radical (unpaired) electrons. The number of nitrogens with one attached hydrogen (secondary N) is 1. The quantitative estimate of drug-likeness (QED) is 0.559. The van der Waals surface area contributed by atoms with Crippen LogP contribution in [-0.4, -0.2) is 18.2 Å². The van der Waals surface area contributed by atoms with Crippen LogP contribution in [-0.2, 0) is 17.9 Å². The van der Waals surface area contributed by atoms with Crippen LogP contribution in [0.25, 0.3) is 6.08 Å². The zero-order chi connectivity index (χ0) is 21.5. The summed E-state index contributed by atoms with van der Waals surface area (Å²) in [5, 5.41) is 6.57. The summed E-state index contributed by atoms with van der Waals surface area (Å²) in [4.78, 5) is 12.0. The second-order valence-corrected chi connectivity index (χ2v) is 6.64. The highest BCUT2D eigenvalue weighted by Crippen LogP contribution is 2.30. The lowest BCUT2D eigenvalue weighted by Gasteiger charge is -2.11. The van der Waals surface area contributed by atoms with Gasteiger partial charge in [-0.1, -0.05) is 29.4 Å². The van der Waals surface area contributed by atoms with E-state index in [1.807, 2.05) is 19.9 Å². The Morgan fingerprint density at radius 2 is 2.00 bits per heavy atom. The first-order chi connectivity index (χ1) is 14.5. The average Bonchev–Trinajstić information content (AvgIpc) is 3.07. The number of nitrogens with zero attached hydrogens (tertiary/aromatic N) is 1. The van der Waals surface area contributed by atoms with E-state index in [0.717, 1.165) is 16.8 Å². The van der Waals surface area contributed by atoms with Gasteiger partial charge in [-0.3, -0.25) is 4.79 Å². The molecule has 2 aromatic carbocycles. The van der Waals surface area contributed by atoms with Crippen molar-refractivity contribution in [1.82, 2.24) is 10.5 Å². The fraction of sp³-hybridized carbons (Fsp3) is 0.217. The normalized spacial score (nSPS) is 10.9. The van der Waals surface area contributed by atoms with E-state index in [0.29, 0.717) is 29.4 Å². The third-order valence-electron chi connectivity index (χ3n) is 4.58. The van der Waals surface area contributed by atoms with Gasteiger partial charge in [0.2, 0.25) is 5.91 Å². The first kappa shape index (κ1) is 21.1. The molecule has 0 aliphatic rings. The lowest BCUT2D eigenvalue weighted by atomic mass is 10.1. The van der Waals surface area contributed by atoms with Crippen molar-refractivity contribution in [2.24, 2.45) is 0 Å². The Labute approximate surface area is 174 Å². The van der Waals surface area contributed by atoms with Crippen molar-refractivity contribution in [3.05, 3.63) is 82.5 Å². The topological polar surface area (TPSA) is 73.6 Å². The molecular weight excluding hydrogens is 387 g/mol. The summed E-state index contributed by atoms with van der Waals surface area (Å²) in [5.74, 6) is 1.15. The maximum Gasteiger partial charge on any atom is 0.244 e. The largest absolute Gasteiger partial charge is 0.493 e. The van der Waals surface area contributed by atoms with E-state index in [4.69, 9.17) is 14.0 Å².